The SMILES string of the molecule is O=[N+]([O-])c1c(Cl)cc(Cl)cc1C(O)C=S. The van der Waals surface area contributed by atoms with Crippen molar-refractivity contribution in [3.05, 3.63) is 37.9 Å². The van der Waals surface area contributed by atoms with Gasteiger partial charge in [0.1, 0.15) is 11.1 Å². The van der Waals surface area contributed by atoms with E-state index in [1.807, 2.05) is 0 Å². The summed E-state index contributed by atoms with van der Waals surface area (Å²) in [5.74, 6) is 0. The second kappa shape index (κ2) is 4.85. The molecule has 1 atom stereocenters. The molecule has 0 saturated heterocycles. The van der Waals surface area contributed by atoms with E-state index in [1.165, 1.54) is 12.1 Å². The Labute approximate surface area is 101 Å². The second-order valence-corrected chi connectivity index (χ2v) is 3.78. The highest BCUT2D eigenvalue weighted by Crippen LogP contribution is 2.34. The van der Waals surface area contributed by atoms with E-state index in [-0.39, 0.29) is 21.3 Å². The monoisotopic (exact) mass is 265 g/mol. The summed E-state index contributed by atoms with van der Waals surface area (Å²) in [6.45, 7) is 0. The third-order valence-electron chi connectivity index (χ3n) is 1.69. The molecule has 1 N–H and O–H groups in total. The average molecular weight is 266 g/mol. The molecule has 0 radical (unpaired) electrons. The van der Waals surface area contributed by atoms with Gasteiger partial charge in [0.05, 0.1) is 10.5 Å². The van der Waals surface area contributed by atoms with Gasteiger partial charge in [0.25, 0.3) is 5.69 Å². The Kier molecular flexibility index (Phi) is 3.98. The van der Waals surface area contributed by atoms with Crippen molar-refractivity contribution < 1.29 is 10.0 Å². The first kappa shape index (κ1) is 12.3. The molecule has 0 bridgehead atoms. The fraction of sp³-hybridized carbons (Fsp3) is 0.125. The van der Waals surface area contributed by atoms with Gasteiger partial charge in [-0.1, -0.05) is 35.4 Å². The van der Waals surface area contributed by atoms with Gasteiger partial charge in [-0.3, -0.25) is 10.1 Å². The molecule has 7 heteroatoms. The number of nitro benzene ring substituents is 1. The van der Waals surface area contributed by atoms with Crippen molar-refractivity contribution in [2.45, 2.75) is 6.10 Å². The molecule has 0 saturated carbocycles. The molecule has 0 aliphatic carbocycles. The van der Waals surface area contributed by atoms with Crippen molar-refractivity contribution in [2.75, 3.05) is 0 Å². The molecule has 4 nitrogen and oxygen atoms in total. The average Bonchev–Trinajstić information content (AvgIpc) is 2.14. The number of halogens is 2. The van der Waals surface area contributed by atoms with Crippen LogP contribution in [0, 0.1) is 10.1 Å². The van der Waals surface area contributed by atoms with Crippen molar-refractivity contribution in [3.63, 3.8) is 0 Å². The molecule has 1 rings (SSSR count). The molecule has 0 aromatic heterocycles. The van der Waals surface area contributed by atoms with Gasteiger partial charge in [-0.2, -0.15) is 0 Å². The van der Waals surface area contributed by atoms with Crippen LogP contribution < -0.4 is 0 Å². The first-order valence-corrected chi connectivity index (χ1v) is 4.96. The van der Waals surface area contributed by atoms with Crippen LogP contribution in [0.4, 0.5) is 5.69 Å². The number of nitrogens with zero attached hydrogens (tertiary/aromatic N) is 1. The number of thiocarbonyl (C=S) groups is 1. The molecule has 0 aliphatic rings. The molecule has 15 heavy (non-hydrogen) atoms. The predicted octanol–water partition coefficient (Wildman–Crippen LogP) is 2.93. The lowest BCUT2D eigenvalue weighted by atomic mass is 10.1. The molecule has 0 amide bonds. The van der Waals surface area contributed by atoms with Crippen molar-refractivity contribution >= 4 is 46.5 Å². The van der Waals surface area contributed by atoms with Gasteiger partial charge in [-0.25, -0.2) is 0 Å². The van der Waals surface area contributed by atoms with Gasteiger partial charge in [0, 0.05) is 10.4 Å². The van der Waals surface area contributed by atoms with Crippen LogP contribution in [0.25, 0.3) is 0 Å². The summed E-state index contributed by atoms with van der Waals surface area (Å²) in [4.78, 5) is 10.0. The maximum absolute atomic E-state index is 10.7. The van der Waals surface area contributed by atoms with Crippen LogP contribution in [0.3, 0.4) is 0 Å². The maximum atomic E-state index is 10.7. The molecule has 1 aromatic carbocycles. The highest BCUT2D eigenvalue weighted by molar-refractivity contribution is 7.79. The third-order valence-corrected chi connectivity index (χ3v) is 2.45. The summed E-state index contributed by atoms with van der Waals surface area (Å²) in [5, 5.41) is 21.2. The van der Waals surface area contributed by atoms with Gasteiger partial charge in [-0.15, -0.1) is 0 Å². The Bertz CT molecular complexity index is 425. The van der Waals surface area contributed by atoms with E-state index in [9.17, 15) is 15.2 Å². The van der Waals surface area contributed by atoms with E-state index < -0.39 is 11.0 Å². The zero-order valence-corrected chi connectivity index (χ0v) is 9.51. The lowest BCUT2D eigenvalue weighted by Gasteiger charge is -2.07. The molecule has 0 spiro atoms. The van der Waals surface area contributed by atoms with Crippen LogP contribution in [0.1, 0.15) is 11.7 Å². The number of benzene rings is 1. The molecular weight excluding hydrogens is 261 g/mol. The topological polar surface area (TPSA) is 63.4 Å². The minimum atomic E-state index is -1.24. The van der Waals surface area contributed by atoms with Crippen LogP contribution in [0.2, 0.25) is 10.0 Å². The van der Waals surface area contributed by atoms with Gasteiger partial charge < -0.3 is 5.11 Å². The van der Waals surface area contributed by atoms with Crippen LogP contribution in [-0.4, -0.2) is 15.4 Å². The van der Waals surface area contributed by atoms with E-state index >= 15 is 0 Å². The highest BCUT2D eigenvalue weighted by Gasteiger charge is 2.23. The molecule has 1 aromatic rings. The van der Waals surface area contributed by atoms with E-state index in [4.69, 9.17) is 23.2 Å². The van der Waals surface area contributed by atoms with E-state index in [0.29, 0.717) is 0 Å². The number of rotatable bonds is 3. The van der Waals surface area contributed by atoms with Gasteiger partial charge >= 0.3 is 0 Å². The Morgan fingerprint density at radius 2 is 2.13 bits per heavy atom. The minimum absolute atomic E-state index is 0.00694. The maximum Gasteiger partial charge on any atom is 0.294 e. The van der Waals surface area contributed by atoms with E-state index in [1.54, 1.807) is 0 Å². The Balaban J connectivity index is 3.46. The predicted molar refractivity (Wildman–Crippen MR) is 61.7 cm³/mol. The summed E-state index contributed by atoms with van der Waals surface area (Å²) < 4.78 is 0. The minimum Gasteiger partial charge on any atom is -0.383 e. The van der Waals surface area contributed by atoms with Gasteiger partial charge in [0.15, 0.2) is 0 Å². The van der Waals surface area contributed by atoms with Crippen molar-refractivity contribution in [1.82, 2.24) is 0 Å². The van der Waals surface area contributed by atoms with Crippen LogP contribution >= 0.6 is 35.4 Å². The molecule has 1 unspecified atom stereocenters. The normalized spacial score (nSPS) is 12.2. The molecule has 0 heterocycles. The zero-order chi connectivity index (χ0) is 11.6. The molecular formula is C8H5Cl2NO3S. The third kappa shape index (κ3) is 2.63. The lowest BCUT2D eigenvalue weighted by Crippen LogP contribution is -2.03. The van der Waals surface area contributed by atoms with Crippen molar-refractivity contribution in [3.8, 4) is 0 Å². The molecule has 0 aliphatic heterocycles. The number of aliphatic hydroxyl groups is 1. The Hall–Kier alpha value is -0.750. The number of hydrogen-bond donors (Lipinski definition) is 1. The first-order valence-electron chi connectivity index (χ1n) is 3.74. The van der Waals surface area contributed by atoms with E-state index in [0.717, 1.165) is 5.37 Å². The van der Waals surface area contributed by atoms with E-state index in [2.05, 4.69) is 12.2 Å². The highest BCUT2D eigenvalue weighted by atomic mass is 35.5. The molecule has 0 fully saturated rings. The number of aliphatic hydroxyl groups excluding tert-OH is 1. The zero-order valence-electron chi connectivity index (χ0n) is 7.18. The fourth-order valence-electron chi connectivity index (χ4n) is 1.08. The quantitative estimate of drug-likeness (QED) is 0.519. The summed E-state index contributed by atoms with van der Waals surface area (Å²) in [7, 11) is 0. The fourth-order valence-corrected chi connectivity index (χ4v) is 1.80. The summed E-state index contributed by atoms with van der Waals surface area (Å²) in [6, 6.07) is 2.50. The smallest absolute Gasteiger partial charge is 0.294 e. The first-order chi connectivity index (χ1) is 6.97. The summed E-state index contributed by atoms with van der Waals surface area (Å²) in [5.41, 5.74) is -0.387. The largest absolute Gasteiger partial charge is 0.383 e. The van der Waals surface area contributed by atoms with Crippen LogP contribution in [0.5, 0.6) is 0 Å². The second-order valence-electron chi connectivity index (χ2n) is 2.66. The van der Waals surface area contributed by atoms with Crippen molar-refractivity contribution in [1.29, 1.82) is 0 Å². The summed E-state index contributed by atoms with van der Waals surface area (Å²) in [6.07, 6.45) is -1.24. The summed E-state index contributed by atoms with van der Waals surface area (Å²) >= 11 is 15.8. The molecule has 80 valence electrons. The van der Waals surface area contributed by atoms with Crippen molar-refractivity contribution in [2.24, 2.45) is 0 Å². The number of nitro groups is 1. The van der Waals surface area contributed by atoms with Gasteiger partial charge in [0.2, 0.25) is 0 Å². The Morgan fingerprint density at radius 1 is 1.53 bits per heavy atom. The number of hydrogen-bond acceptors (Lipinski definition) is 4. The van der Waals surface area contributed by atoms with Gasteiger partial charge in [-0.05, 0) is 12.1 Å². The lowest BCUT2D eigenvalue weighted by molar-refractivity contribution is -0.385. The van der Waals surface area contributed by atoms with Crippen LogP contribution in [-0.2, 0) is 0 Å². The Morgan fingerprint density at radius 3 is 2.60 bits per heavy atom. The standard InChI is InChI=1S/C8H5Cl2NO3S/c9-4-1-5(7(12)3-15)8(11(13)14)6(10)2-4/h1-3,7,12H. The van der Waals surface area contributed by atoms with Crippen LogP contribution in [0.15, 0.2) is 12.1 Å².